The zero-order chi connectivity index (χ0) is 13.0. The first-order valence-electron chi connectivity index (χ1n) is 5.51. The molecule has 2 rings (SSSR count). The molecule has 1 aromatic carbocycles. The van der Waals surface area contributed by atoms with Crippen LogP contribution in [0.15, 0.2) is 42.5 Å². The van der Waals surface area contributed by atoms with Gasteiger partial charge < -0.3 is 15.1 Å². The molecular weight excluding hydrogens is 234 g/mol. The molecule has 0 spiro atoms. The Balaban J connectivity index is 1.90. The van der Waals surface area contributed by atoms with Crippen molar-refractivity contribution in [2.24, 2.45) is 0 Å². The molecule has 0 unspecified atom stereocenters. The second-order valence-corrected chi connectivity index (χ2v) is 3.79. The van der Waals surface area contributed by atoms with Crippen molar-refractivity contribution < 1.29 is 19.8 Å². The van der Waals surface area contributed by atoms with Crippen molar-refractivity contribution in [3.63, 3.8) is 0 Å². The van der Waals surface area contributed by atoms with Crippen molar-refractivity contribution >= 4 is 5.97 Å². The van der Waals surface area contributed by atoms with Crippen LogP contribution in [0.25, 0.3) is 0 Å². The van der Waals surface area contributed by atoms with Crippen LogP contribution >= 0.6 is 0 Å². The SMILES string of the molecule is O=C(CCc1ccccc1)On1c(O)ccc1O. The van der Waals surface area contributed by atoms with Gasteiger partial charge in [-0.05, 0) is 12.0 Å². The molecule has 2 N–H and O–H groups in total. The Morgan fingerprint density at radius 2 is 1.67 bits per heavy atom. The molecule has 0 aliphatic heterocycles. The van der Waals surface area contributed by atoms with Crippen molar-refractivity contribution in [1.29, 1.82) is 0 Å². The Kier molecular flexibility index (Phi) is 3.52. The predicted octanol–water partition coefficient (Wildman–Crippen LogP) is 1.49. The first-order valence-corrected chi connectivity index (χ1v) is 5.51. The number of aromatic hydroxyl groups is 2. The first kappa shape index (κ1) is 12.0. The van der Waals surface area contributed by atoms with E-state index in [4.69, 9.17) is 4.84 Å². The van der Waals surface area contributed by atoms with Crippen LogP contribution in [0, 0.1) is 0 Å². The summed E-state index contributed by atoms with van der Waals surface area (Å²) in [6.45, 7) is 0. The second kappa shape index (κ2) is 5.27. The van der Waals surface area contributed by atoms with Crippen molar-refractivity contribution in [1.82, 2.24) is 4.73 Å². The molecule has 0 amide bonds. The van der Waals surface area contributed by atoms with Gasteiger partial charge in [0.2, 0.25) is 11.8 Å². The molecule has 94 valence electrons. The average molecular weight is 247 g/mol. The third-order valence-corrected chi connectivity index (χ3v) is 2.45. The van der Waals surface area contributed by atoms with E-state index in [2.05, 4.69) is 0 Å². The van der Waals surface area contributed by atoms with Crippen LogP contribution in [-0.4, -0.2) is 20.9 Å². The van der Waals surface area contributed by atoms with E-state index in [1.165, 1.54) is 12.1 Å². The van der Waals surface area contributed by atoms with Crippen LogP contribution < -0.4 is 4.84 Å². The summed E-state index contributed by atoms with van der Waals surface area (Å²) in [5.74, 6) is -1.17. The van der Waals surface area contributed by atoms with Crippen molar-refractivity contribution in [3.8, 4) is 11.8 Å². The summed E-state index contributed by atoms with van der Waals surface area (Å²) < 4.78 is 0.688. The summed E-state index contributed by atoms with van der Waals surface area (Å²) >= 11 is 0. The average Bonchev–Trinajstić information content (AvgIpc) is 2.69. The van der Waals surface area contributed by atoms with Gasteiger partial charge in [0.25, 0.3) is 0 Å². The zero-order valence-electron chi connectivity index (χ0n) is 9.61. The van der Waals surface area contributed by atoms with E-state index in [1.54, 1.807) is 0 Å². The topological polar surface area (TPSA) is 71.7 Å². The lowest BCUT2D eigenvalue weighted by Gasteiger charge is -2.06. The normalized spacial score (nSPS) is 10.2. The summed E-state index contributed by atoms with van der Waals surface area (Å²) in [5.41, 5.74) is 1.02. The molecule has 0 radical (unpaired) electrons. The molecule has 5 heteroatoms. The third kappa shape index (κ3) is 2.82. The van der Waals surface area contributed by atoms with Gasteiger partial charge in [0.15, 0.2) is 0 Å². The Morgan fingerprint density at radius 1 is 1.06 bits per heavy atom. The smallest absolute Gasteiger partial charge is 0.333 e. The van der Waals surface area contributed by atoms with E-state index in [1.807, 2.05) is 30.3 Å². The molecule has 18 heavy (non-hydrogen) atoms. The first-order chi connectivity index (χ1) is 8.66. The summed E-state index contributed by atoms with van der Waals surface area (Å²) in [6.07, 6.45) is 0.712. The molecule has 0 bridgehead atoms. The van der Waals surface area contributed by atoms with Crippen LogP contribution in [0.5, 0.6) is 11.8 Å². The van der Waals surface area contributed by atoms with Crippen LogP contribution in [0.2, 0.25) is 0 Å². The fraction of sp³-hybridized carbons (Fsp3) is 0.154. The highest BCUT2D eigenvalue weighted by atomic mass is 16.7. The summed E-state index contributed by atoms with van der Waals surface area (Å²) in [5, 5.41) is 18.6. The van der Waals surface area contributed by atoms with Gasteiger partial charge in [-0.25, -0.2) is 4.79 Å². The number of rotatable bonds is 4. The molecule has 0 saturated carbocycles. The van der Waals surface area contributed by atoms with E-state index >= 15 is 0 Å². The minimum Gasteiger partial charge on any atom is -0.492 e. The van der Waals surface area contributed by atoms with E-state index < -0.39 is 5.97 Å². The molecule has 0 aliphatic rings. The van der Waals surface area contributed by atoms with Crippen LogP contribution in [-0.2, 0) is 11.2 Å². The number of aromatic nitrogens is 1. The molecule has 0 aliphatic carbocycles. The number of aryl methyl sites for hydroxylation is 1. The Hall–Kier alpha value is -2.43. The maximum Gasteiger partial charge on any atom is 0.333 e. The van der Waals surface area contributed by atoms with Crippen LogP contribution in [0.4, 0.5) is 0 Å². The van der Waals surface area contributed by atoms with E-state index in [0.29, 0.717) is 11.2 Å². The molecule has 1 heterocycles. The molecule has 0 saturated heterocycles. The lowest BCUT2D eigenvalue weighted by molar-refractivity contribution is -0.145. The lowest BCUT2D eigenvalue weighted by atomic mass is 10.1. The molecule has 5 nitrogen and oxygen atoms in total. The van der Waals surface area contributed by atoms with Gasteiger partial charge >= 0.3 is 5.97 Å². The van der Waals surface area contributed by atoms with Crippen molar-refractivity contribution in [2.45, 2.75) is 12.8 Å². The standard InChI is InChI=1S/C13H13NO4/c15-11-7-8-12(16)14(11)18-13(17)9-6-10-4-2-1-3-5-10/h1-5,7-8,15-16H,6,9H2. The highest BCUT2D eigenvalue weighted by molar-refractivity contribution is 5.70. The van der Waals surface area contributed by atoms with Crippen molar-refractivity contribution in [2.75, 3.05) is 0 Å². The van der Waals surface area contributed by atoms with Gasteiger partial charge in [-0.15, -0.1) is 4.73 Å². The third-order valence-electron chi connectivity index (χ3n) is 2.45. The quantitative estimate of drug-likeness (QED) is 0.858. The predicted molar refractivity (Wildman–Crippen MR) is 64.1 cm³/mol. The zero-order valence-corrected chi connectivity index (χ0v) is 9.61. The number of nitrogens with zero attached hydrogens (tertiary/aromatic N) is 1. The maximum atomic E-state index is 11.5. The Morgan fingerprint density at radius 3 is 2.28 bits per heavy atom. The molecule has 0 atom stereocenters. The number of carbonyl (C=O) groups excluding carboxylic acids is 1. The highest BCUT2D eigenvalue weighted by Crippen LogP contribution is 2.18. The van der Waals surface area contributed by atoms with Gasteiger partial charge in [0, 0.05) is 12.1 Å². The summed E-state index contributed by atoms with van der Waals surface area (Å²) in [7, 11) is 0. The number of carbonyl (C=O) groups is 1. The molecule has 0 fully saturated rings. The van der Waals surface area contributed by atoms with Crippen molar-refractivity contribution in [3.05, 3.63) is 48.0 Å². The van der Waals surface area contributed by atoms with Gasteiger partial charge in [-0.2, -0.15) is 0 Å². The van der Waals surface area contributed by atoms with Gasteiger partial charge in [0.05, 0.1) is 6.42 Å². The van der Waals surface area contributed by atoms with E-state index in [0.717, 1.165) is 5.56 Å². The van der Waals surface area contributed by atoms with Crippen LogP contribution in [0.3, 0.4) is 0 Å². The minimum atomic E-state index is -0.527. The second-order valence-electron chi connectivity index (χ2n) is 3.79. The molecule has 2 aromatic rings. The van der Waals surface area contributed by atoms with Crippen LogP contribution in [0.1, 0.15) is 12.0 Å². The number of hydrogen-bond donors (Lipinski definition) is 2. The largest absolute Gasteiger partial charge is 0.492 e. The molecule has 1 aromatic heterocycles. The number of hydrogen-bond acceptors (Lipinski definition) is 4. The fourth-order valence-electron chi connectivity index (χ4n) is 1.53. The summed E-state index contributed by atoms with van der Waals surface area (Å²) in [4.78, 5) is 16.3. The Labute approximate surface area is 104 Å². The van der Waals surface area contributed by atoms with Gasteiger partial charge in [-0.1, -0.05) is 30.3 Å². The lowest BCUT2D eigenvalue weighted by Crippen LogP contribution is -2.19. The van der Waals surface area contributed by atoms with E-state index in [9.17, 15) is 15.0 Å². The summed E-state index contributed by atoms with van der Waals surface area (Å²) in [6, 6.07) is 12.0. The highest BCUT2D eigenvalue weighted by Gasteiger charge is 2.11. The number of benzene rings is 1. The fourth-order valence-corrected chi connectivity index (χ4v) is 1.53. The van der Waals surface area contributed by atoms with E-state index in [-0.39, 0.29) is 18.2 Å². The van der Waals surface area contributed by atoms with Gasteiger partial charge in [0.1, 0.15) is 0 Å². The Bertz CT molecular complexity index is 514. The van der Waals surface area contributed by atoms with Gasteiger partial charge in [-0.3, -0.25) is 0 Å². The molecular formula is C13H13NO4. The maximum absolute atomic E-state index is 11.5. The monoisotopic (exact) mass is 247 g/mol. The minimum absolute atomic E-state index is 0.168.